The maximum absolute atomic E-state index is 12.8. The van der Waals surface area contributed by atoms with E-state index in [0.717, 1.165) is 24.4 Å². The van der Waals surface area contributed by atoms with Crippen LogP contribution in [0, 0.1) is 5.82 Å². The van der Waals surface area contributed by atoms with Crippen molar-refractivity contribution >= 4 is 5.69 Å². The van der Waals surface area contributed by atoms with Gasteiger partial charge in [-0.05, 0) is 54.8 Å². The van der Waals surface area contributed by atoms with E-state index in [1.807, 2.05) is 12.1 Å². The Morgan fingerprint density at radius 2 is 1.55 bits per heavy atom. The number of anilines is 1. The molecule has 2 nitrogen and oxygen atoms in total. The smallest absolute Gasteiger partial charge is 0.123 e. The van der Waals surface area contributed by atoms with Gasteiger partial charge < -0.3 is 9.64 Å². The minimum absolute atomic E-state index is 0.219. The second-order valence-electron chi connectivity index (χ2n) is 5.10. The van der Waals surface area contributed by atoms with Gasteiger partial charge in [-0.2, -0.15) is 0 Å². The Hall–Kier alpha value is -2.03. The van der Waals surface area contributed by atoms with Crippen molar-refractivity contribution in [3.8, 4) is 5.75 Å². The molecular formula is C17H18FNO. The molecule has 1 fully saturated rings. The van der Waals surface area contributed by atoms with E-state index in [1.165, 1.54) is 30.7 Å². The van der Waals surface area contributed by atoms with Gasteiger partial charge in [-0.15, -0.1) is 0 Å². The first kappa shape index (κ1) is 13.0. The van der Waals surface area contributed by atoms with Gasteiger partial charge in [0.2, 0.25) is 0 Å². The van der Waals surface area contributed by atoms with Crippen LogP contribution in [0.2, 0.25) is 0 Å². The van der Waals surface area contributed by atoms with Crippen molar-refractivity contribution in [3.63, 3.8) is 0 Å². The summed E-state index contributed by atoms with van der Waals surface area (Å²) in [4.78, 5) is 2.39. The van der Waals surface area contributed by atoms with Gasteiger partial charge in [0.25, 0.3) is 0 Å². The molecule has 0 aromatic heterocycles. The molecule has 0 unspecified atom stereocenters. The lowest BCUT2D eigenvalue weighted by Gasteiger charge is -2.17. The Morgan fingerprint density at radius 3 is 2.20 bits per heavy atom. The molecule has 1 aliphatic rings. The Morgan fingerprint density at radius 1 is 0.900 bits per heavy atom. The lowest BCUT2D eigenvalue weighted by molar-refractivity contribution is 0.306. The van der Waals surface area contributed by atoms with E-state index in [2.05, 4.69) is 17.0 Å². The molecule has 3 heteroatoms. The molecule has 2 aromatic rings. The predicted molar refractivity (Wildman–Crippen MR) is 78.6 cm³/mol. The van der Waals surface area contributed by atoms with Crippen molar-refractivity contribution in [2.45, 2.75) is 19.4 Å². The third-order valence-electron chi connectivity index (χ3n) is 3.63. The summed E-state index contributed by atoms with van der Waals surface area (Å²) in [5, 5.41) is 0. The number of rotatable bonds is 4. The zero-order valence-corrected chi connectivity index (χ0v) is 11.4. The Kier molecular flexibility index (Phi) is 3.86. The van der Waals surface area contributed by atoms with E-state index in [4.69, 9.17) is 4.74 Å². The molecule has 0 bridgehead atoms. The second kappa shape index (κ2) is 5.95. The predicted octanol–water partition coefficient (Wildman–Crippen LogP) is 4.00. The molecule has 0 amide bonds. The first-order valence-corrected chi connectivity index (χ1v) is 7.03. The Balaban J connectivity index is 1.59. The van der Waals surface area contributed by atoms with Crippen molar-refractivity contribution in [1.82, 2.24) is 0 Å². The first-order chi connectivity index (χ1) is 9.81. The summed E-state index contributed by atoms with van der Waals surface area (Å²) in [7, 11) is 0. The number of ether oxygens (including phenoxy) is 1. The molecule has 1 saturated heterocycles. The highest BCUT2D eigenvalue weighted by Crippen LogP contribution is 2.23. The van der Waals surface area contributed by atoms with Crippen molar-refractivity contribution in [3.05, 3.63) is 59.9 Å². The van der Waals surface area contributed by atoms with Gasteiger partial charge in [0.05, 0.1) is 0 Å². The van der Waals surface area contributed by atoms with Crippen molar-refractivity contribution in [2.24, 2.45) is 0 Å². The van der Waals surface area contributed by atoms with Crippen LogP contribution in [0.5, 0.6) is 5.75 Å². The van der Waals surface area contributed by atoms with E-state index >= 15 is 0 Å². The van der Waals surface area contributed by atoms with Gasteiger partial charge in [0, 0.05) is 18.8 Å². The number of hydrogen-bond acceptors (Lipinski definition) is 2. The molecule has 0 saturated carbocycles. The van der Waals surface area contributed by atoms with Crippen LogP contribution in [-0.2, 0) is 6.61 Å². The largest absolute Gasteiger partial charge is 0.489 e. The minimum atomic E-state index is -0.219. The molecule has 104 valence electrons. The zero-order valence-electron chi connectivity index (χ0n) is 11.4. The van der Waals surface area contributed by atoms with Crippen molar-refractivity contribution in [1.29, 1.82) is 0 Å². The molecule has 3 rings (SSSR count). The van der Waals surface area contributed by atoms with Crippen LogP contribution in [0.1, 0.15) is 18.4 Å². The van der Waals surface area contributed by atoms with Crippen LogP contribution in [-0.4, -0.2) is 13.1 Å². The van der Waals surface area contributed by atoms with Gasteiger partial charge in [0.1, 0.15) is 18.2 Å². The average Bonchev–Trinajstić information content (AvgIpc) is 3.01. The Labute approximate surface area is 118 Å². The summed E-state index contributed by atoms with van der Waals surface area (Å²) in [5.74, 6) is 0.626. The third kappa shape index (κ3) is 3.10. The second-order valence-corrected chi connectivity index (χ2v) is 5.10. The van der Waals surface area contributed by atoms with Crippen LogP contribution in [0.15, 0.2) is 48.5 Å². The monoisotopic (exact) mass is 271 g/mol. The van der Waals surface area contributed by atoms with E-state index in [1.54, 1.807) is 12.1 Å². The minimum Gasteiger partial charge on any atom is -0.489 e. The summed E-state index contributed by atoms with van der Waals surface area (Å²) in [5.41, 5.74) is 2.23. The van der Waals surface area contributed by atoms with Crippen LogP contribution >= 0.6 is 0 Å². The van der Waals surface area contributed by atoms with E-state index < -0.39 is 0 Å². The maximum atomic E-state index is 12.8. The van der Waals surface area contributed by atoms with Crippen LogP contribution < -0.4 is 9.64 Å². The molecule has 20 heavy (non-hydrogen) atoms. The molecule has 0 atom stereocenters. The van der Waals surface area contributed by atoms with Gasteiger partial charge >= 0.3 is 0 Å². The Bertz CT molecular complexity index is 544. The summed E-state index contributed by atoms with van der Waals surface area (Å²) in [6.45, 7) is 2.76. The topological polar surface area (TPSA) is 12.5 Å². The fourth-order valence-corrected chi connectivity index (χ4v) is 2.48. The lowest BCUT2D eigenvalue weighted by atomic mass is 10.2. The fraction of sp³-hybridized carbons (Fsp3) is 0.294. The van der Waals surface area contributed by atoms with Gasteiger partial charge in [0.15, 0.2) is 0 Å². The summed E-state index contributed by atoms with van der Waals surface area (Å²) in [6.07, 6.45) is 2.56. The summed E-state index contributed by atoms with van der Waals surface area (Å²) in [6, 6.07) is 14.6. The SMILES string of the molecule is Fc1ccc(COc2ccc(N3CCCC3)cc2)cc1. The number of halogens is 1. The summed E-state index contributed by atoms with van der Waals surface area (Å²) < 4.78 is 18.5. The van der Waals surface area contributed by atoms with Crippen LogP contribution in [0.25, 0.3) is 0 Å². The van der Waals surface area contributed by atoms with E-state index in [-0.39, 0.29) is 5.82 Å². The maximum Gasteiger partial charge on any atom is 0.123 e. The molecule has 0 aliphatic carbocycles. The molecular weight excluding hydrogens is 253 g/mol. The zero-order chi connectivity index (χ0) is 13.8. The highest BCUT2D eigenvalue weighted by molar-refractivity contribution is 5.49. The van der Waals surface area contributed by atoms with Crippen LogP contribution in [0.4, 0.5) is 10.1 Å². The number of nitrogens with zero attached hydrogens (tertiary/aromatic N) is 1. The summed E-state index contributed by atoms with van der Waals surface area (Å²) >= 11 is 0. The molecule has 0 radical (unpaired) electrons. The third-order valence-corrected chi connectivity index (χ3v) is 3.63. The first-order valence-electron chi connectivity index (χ1n) is 7.03. The quantitative estimate of drug-likeness (QED) is 0.833. The molecule has 2 aromatic carbocycles. The van der Waals surface area contributed by atoms with Gasteiger partial charge in [-0.3, -0.25) is 0 Å². The molecule has 0 N–H and O–H groups in total. The van der Waals surface area contributed by atoms with Gasteiger partial charge in [-0.1, -0.05) is 12.1 Å². The molecule has 1 aliphatic heterocycles. The van der Waals surface area contributed by atoms with E-state index in [9.17, 15) is 4.39 Å². The normalized spacial score (nSPS) is 14.6. The van der Waals surface area contributed by atoms with Gasteiger partial charge in [-0.25, -0.2) is 4.39 Å². The number of hydrogen-bond donors (Lipinski definition) is 0. The molecule has 0 spiro atoms. The van der Waals surface area contributed by atoms with Crippen LogP contribution in [0.3, 0.4) is 0 Å². The van der Waals surface area contributed by atoms with E-state index in [0.29, 0.717) is 6.61 Å². The highest BCUT2D eigenvalue weighted by Gasteiger charge is 2.11. The number of benzene rings is 2. The fourth-order valence-electron chi connectivity index (χ4n) is 2.48. The van der Waals surface area contributed by atoms with Crippen molar-refractivity contribution in [2.75, 3.05) is 18.0 Å². The average molecular weight is 271 g/mol. The van der Waals surface area contributed by atoms with Crippen molar-refractivity contribution < 1.29 is 9.13 Å². The highest BCUT2D eigenvalue weighted by atomic mass is 19.1. The standard InChI is InChI=1S/C17H18FNO/c18-15-5-3-14(4-6-15)13-20-17-9-7-16(8-10-17)19-11-1-2-12-19/h3-10H,1-2,11-13H2. The molecule has 1 heterocycles. The lowest BCUT2D eigenvalue weighted by Crippen LogP contribution is -2.17.